The summed E-state index contributed by atoms with van der Waals surface area (Å²) in [6.45, 7) is 2.58. The number of anilines is 1. The lowest BCUT2D eigenvalue weighted by Gasteiger charge is -2.36. The largest absolute Gasteiger partial charge is 0.424 e. The highest BCUT2D eigenvalue weighted by Crippen LogP contribution is 2.42. The van der Waals surface area contributed by atoms with Crippen LogP contribution in [0.4, 0.5) is 6.01 Å². The van der Waals surface area contributed by atoms with Crippen molar-refractivity contribution in [1.29, 1.82) is 0 Å². The van der Waals surface area contributed by atoms with Crippen LogP contribution < -0.4 is 5.32 Å². The topological polar surface area (TPSA) is 120 Å². The van der Waals surface area contributed by atoms with Crippen LogP contribution >= 0.6 is 0 Å². The Hall–Kier alpha value is -4.25. The summed E-state index contributed by atoms with van der Waals surface area (Å²) in [6.07, 6.45) is 9.28. The molecule has 0 saturated heterocycles. The molecule has 1 aliphatic carbocycles. The average Bonchev–Trinajstić information content (AvgIpc) is 3.70. The van der Waals surface area contributed by atoms with Gasteiger partial charge in [-0.3, -0.25) is 4.40 Å². The van der Waals surface area contributed by atoms with Crippen molar-refractivity contribution in [3.05, 3.63) is 78.4 Å². The van der Waals surface area contributed by atoms with E-state index in [0.717, 1.165) is 54.6 Å². The zero-order valence-corrected chi connectivity index (χ0v) is 22.9. The van der Waals surface area contributed by atoms with E-state index in [4.69, 9.17) is 4.42 Å². The minimum Gasteiger partial charge on any atom is -0.424 e. The first-order valence-electron chi connectivity index (χ1n) is 13.6. The molecule has 1 saturated carbocycles. The van der Waals surface area contributed by atoms with Crippen LogP contribution in [0.15, 0.2) is 76.3 Å². The quantitative estimate of drug-likeness (QED) is 0.275. The van der Waals surface area contributed by atoms with Crippen molar-refractivity contribution in [1.82, 2.24) is 28.5 Å². The fraction of sp³-hybridized carbons (Fsp3) is 0.310. The van der Waals surface area contributed by atoms with Crippen molar-refractivity contribution in [3.8, 4) is 0 Å². The van der Waals surface area contributed by atoms with Crippen LogP contribution in [0.25, 0.3) is 27.9 Å². The van der Waals surface area contributed by atoms with Crippen LogP contribution in [0.2, 0.25) is 0 Å². The molecule has 0 amide bonds. The lowest BCUT2D eigenvalue weighted by atomic mass is 9.71. The second-order valence-corrected chi connectivity index (χ2v) is 12.4. The number of oxazole rings is 1. The molecule has 10 nitrogen and oxygen atoms in total. The van der Waals surface area contributed by atoms with E-state index in [1.165, 1.54) is 10.4 Å². The molecule has 11 heteroatoms. The number of para-hydroxylation sites is 2. The zero-order valence-electron chi connectivity index (χ0n) is 22.1. The standard InChI is InChI=1S/C29H29N7O3S/c1-20-9-11-21(12-10-20)40(37,38)35-18-13-23-26(35)31-19-25-33-34-27(36(23)25)29(14-5-2-6-15-29)16-17-30-28-32-22-7-3-4-8-24(22)39-28/h3-4,7-13,18-19H,2,5-6,14-17H2,1H3,(H,30,32). The smallest absolute Gasteiger partial charge is 0.295 e. The number of nitrogens with zero attached hydrogens (tertiary/aromatic N) is 6. The molecule has 40 heavy (non-hydrogen) atoms. The second-order valence-electron chi connectivity index (χ2n) is 10.6. The molecule has 0 unspecified atom stereocenters. The molecule has 0 atom stereocenters. The fourth-order valence-corrected chi connectivity index (χ4v) is 7.26. The Morgan fingerprint density at radius 3 is 2.60 bits per heavy atom. The summed E-state index contributed by atoms with van der Waals surface area (Å²) < 4.78 is 36.2. The maximum Gasteiger partial charge on any atom is 0.295 e. The first-order chi connectivity index (χ1) is 19.4. The Morgan fingerprint density at radius 2 is 1.80 bits per heavy atom. The molecule has 4 heterocycles. The van der Waals surface area contributed by atoms with Gasteiger partial charge in [-0.25, -0.2) is 17.4 Å². The van der Waals surface area contributed by atoms with Gasteiger partial charge in [0.15, 0.2) is 16.9 Å². The van der Waals surface area contributed by atoms with E-state index >= 15 is 0 Å². The Labute approximate surface area is 231 Å². The van der Waals surface area contributed by atoms with Gasteiger partial charge in [0.05, 0.1) is 16.6 Å². The van der Waals surface area contributed by atoms with Gasteiger partial charge in [0, 0.05) is 18.2 Å². The van der Waals surface area contributed by atoms with E-state index in [9.17, 15) is 8.42 Å². The molecular formula is C29H29N7O3S. The molecule has 1 fully saturated rings. The normalized spacial score (nSPS) is 15.7. The van der Waals surface area contributed by atoms with Gasteiger partial charge in [0.1, 0.15) is 11.3 Å². The summed E-state index contributed by atoms with van der Waals surface area (Å²) in [6, 6.07) is 16.8. The summed E-state index contributed by atoms with van der Waals surface area (Å²) in [7, 11) is -3.83. The number of aromatic nitrogens is 6. The number of fused-ring (bicyclic) bond motifs is 4. The molecule has 1 aliphatic rings. The number of benzene rings is 2. The fourth-order valence-electron chi connectivity index (χ4n) is 5.96. The van der Waals surface area contributed by atoms with Gasteiger partial charge >= 0.3 is 0 Å². The monoisotopic (exact) mass is 555 g/mol. The van der Waals surface area contributed by atoms with Crippen LogP contribution in [-0.4, -0.2) is 43.5 Å². The van der Waals surface area contributed by atoms with Gasteiger partial charge in [0.2, 0.25) is 0 Å². The summed E-state index contributed by atoms with van der Waals surface area (Å²) in [5, 5.41) is 12.5. The van der Waals surface area contributed by atoms with E-state index in [2.05, 4.69) is 25.5 Å². The SMILES string of the molecule is Cc1ccc(S(=O)(=O)n2ccc3c2ncc2nnc(C4(CCNc5nc6ccccc6o5)CCCCC4)n23)cc1. The molecule has 0 radical (unpaired) electrons. The van der Waals surface area contributed by atoms with Crippen LogP contribution in [0.5, 0.6) is 0 Å². The Balaban J connectivity index is 1.26. The molecule has 0 spiro atoms. The number of rotatable bonds is 7. The van der Waals surface area contributed by atoms with Gasteiger partial charge in [-0.2, -0.15) is 4.98 Å². The first-order valence-corrected chi connectivity index (χ1v) is 15.0. The average molecular weight is 556 g/mol. The maximum atomic E-state index is 13.5. The molecule has 204 valence electrons. The second kappa shape index (κ2) is 9.44. The first kappa shape index (κ1) is 24.8. The van der Waals surface area contributed by atoms with Crippen molar-refractivity contribution in [3.63, 3.8) is 0 Å². The van der Waals surface area contributed by atoms with Crippen molar-refractivity contribution in [2.75, 3.05) is 11.9 Å². The summed E-state index contributed by atoms with van der Waals surface area (Å²) in [4.78, 5) is 9.28. The molecule has 4 aromatic heterocycles. The van der Waals surface area contributed by atoms with Gasteiger partial charge in [-0.05, 0) is 56.5 Å². The molecule has 7 rings (SSSR count). The number of nitrogens with one attached hydrogen (secondary N) is 1. The Bertz CT molecular complexity index is 1920. The van der Waals surface area contributed by atoms with Crippen molar-refractivity contribution >= 4 is 43.9 Å². The summed E-state index contributed by atoms with van der Waals surface area (Å²) >= 11 is 0. The summed E-state index contributed by atoms with van der Waals surface area (Å²) in [5.41, 5.74) is 3.96. The predicted octanol–water partition coefficient (Wildman–Crippen LogP) is 5.47. The highest BCUT2D eigenvalue weighted by molar-refractivity contribution is 7.90. The number of hydrogen-bond donors (Lipinski definition) is 1. The number of hydrogen-bond acceptors (Lipinski definition) is 8. The molecule has 0 aliphatic heterocycles. The molecule has 6 aromatic rings. The minimum absolute atomic E-state index is 0.218. The molecule has 1 N–H and O–H groups in total. The minimum atomic E-state index is -3.83. The Kier molecular flexibility index (Phi) is 5.85. The lowest BCUT2D eigenvalue weighted by Crippen LogP contribution is -2.34. The van der Waals surface area contributed by atoms with Crippen LogP contribution in [0, 0.1) is 6.92 Å². The molecule has 2 aromatic carbocycles. The van der Waals surface area contributed by atoms with Crippen LogP contribution in [0.3, 0.4) is 0 Å². The third-order valence-electron chi connectivity index (χ3n) is 8.07. The highest BCUT2D eigenvalue weighted by Gasteiger charge is 2.38. The third kappa shape index (κ3) is 4.03. The van der Waals surface area contributed by atoms with Crippen molar-refractivity contribution in [2.24, 2.45) is 0 Å². The van der Waals surface area contributed by atoms with E-state index in [-0.39, 0.29) is 10.3 Å². The highest BCUT2D eigenvalue weighted by atomic mass is 32.2. The van der Waals surface area contributed by atoms with Gasteiger partial charge in [-0.15, -0.1) is 10.2 Å². The van der Waals surface area contributed by atoms with E-state index in [0.29, 0.717) is 29.4 Å². The zero-order chi connectivity index (χ0) is 27.3. The molecule has 0 bridgehead atoms. The molecular weight excluding hydrogens is 526 g/mol. The van der Waals surface area contributed by atoms with Crippen LogP contribution in [0.1, 0.15) is 49.9 Å². The number of aryl methyl sites for hydroxylation is 1. The van der Waals surface area contributed by atoms with Gasteiger partial charge < -0.3 is 9.73 Å². The summed E-state index contributed by atoms with van der Waals surface area (Å²) in [5.74, 6) is 0.847. The third-order valence-corrected chi connectivity index (χ3v) is 9.75. The van der Waals surface area contributed by atoms with Crippen molar-refractivity contribution < 1.29 is 12.8 Å². The maximum absolute atomic E-state index is 13.5. The van der Waals surface area contributed by atoms with Crippen LogP contribution in [-0.2, 0) is 15.4 Å². The van der Waals surface area contributed by atoms with E-state index in [1.807, 2.05) is 35.6 Å². The Morgan fingerprint density at radius 1 is 1.00 bits per heavy atom. The van der Waals surface area contributed by atoms with E-state index in [1.54, 1.807) is 42.7 Å². The van der Waals surface area contributed by atoms with Crippen molar-refractivity contribution in [2.45, 2.75) is 55.8 Å². The predicted molar refractivity (Wildman–Crippen MR) is 152 cm³/mol. The lowest BCUT2D eigenvalue weighted by molar-refractivity contribution is 0.263. The van der Waals surface area contributed by atoms with E-state index < -0.39 is 10.0 Å². The van der Waals surface area contributed by atoms with Gasteiger partial charge in [-0.1, -0.05) is 49.1 Å². The van der Waals surface area contributed by atoms with Gasteiger partial charge in [0.25, 0.3) is 16.0 Å².